The Morgan fingerprint density at radius 2 is 1.83 bits per heavy atom. The van der Waals surface area contributed by atoms with Crippen LogP contribution in [0.5, 0.6) is 0 Å². The maximum absolute atomic E-state index is 11.8. The van der Waals surface area contributed by atoms with Crippen LogP contribution in [0.4, 0.5) is 0 Å². The van der Waals surface area contributed by atoms with E-state index in [1.807, 2.05) is 20.8 Å². The molecule has 6 nitrogen and oxygen atoms in total. The predicted molar refractivity (Wildman–Crippen MR) is 96.7 cm³/mol. The molecule has 1 aromatic heterocycles. The van der Waals surface area contributed by atoms with Crippen LogP contribution in [0, 0.1) is 18.8 Å². The Morgan fingerprint density at radius 1 is 1.21 bits per heavy atom. The number of rotatable bonds is 8. The lowest BCUT2D eigenvalue weighted by Gasteiger charge is -2.07. The third-order valence-corrected chi connectivity index (χ3v) is 3.70. The molecule has 0 aromatic carbocycles. The van der Waals surface area contributed by atoms with Gasteiger partial charge in [-0.2, -0.15) is 5.10 Å². The molecule has 0 bridgehead atoms. The van der Waals surface area contributed by atoms with E-state index < -0.39 is 0 Å². The first-order valence-electron chi connectivity index (χ1n) is 8.18. The molecule has 0 radical (unpaired) electrons. The van der Waals surface area contributed by atoms with Crippen LogP contribution < -0.4 is 10.6 Å². The van der Waals surface area contributed by atoms with Crippen LogP contribution in [0.3, 0.4) is 0 Å². The number of halogens is 1. The minimum Gasteiger partial charge on any atom is -0.354 e. The third kappa shape index (κ3) is 6.35. The van der Waals surface area contributed by atoms with Gasteiger partial charge in [0.05, 0.1) is 5.69 Å². The van der Waals surface area contributed by atoms with Crippen molar-refractivity contribution < 1.29 is 9.59 Å². The summed E-state index contributed by atoms with van der Waals surface area (Å²) in [7, 11) is 0. The van der Waals surface area contributed by atoms with Crippen molar-refractivity contribution in [3.05, 3.63) is 22.5 Å². The lowest BCUT2D eigenvalue weighted by Crippen LogP contribution is -2.35. The highest BCUT2D eigenvalue weighted by molar-refractivity contribution is 6.31. The topological polar surface area (TPSA) is 76.0 Å². The molecular formula is C17H27ClN4O2. The summed E-state index contributed by atoms with van der Waals surface area (Å²) in [4.78, 5) is 23.2. The number of carbonyl (C=O) groups excluding carboxylic acids is 2. The molecule has 0 saturated heterocycles. The molecule has 0 spiro atoms. The normalized spacial score (nSPS) is 11.5. The van der Waals surface area contributed by atoms with Gasteiger partial charge < -0.3 is 10.6 Å². The maximum atomic E-state index is 11.8. The molecule has 1 rings (SSSR count). The van der Waals surface area contributed by atoms with Crippen LogP contribution in [0.15, 0.2) is 6.08 Å². The number of nitrogens with one attached hydrogen (secondary N) is 2. The number of nitrogens with zero attached hydrogens (tertiary/aromatic N) is 2. The molecular weight excluding hydrogens is 328 g/mol. The van der Waals surface area contributed by atoms with E-state index >= 15 is 0 Å². The molecule has 0 saturated carbocycles. The van der Waals surface area contributed by atoms with Gasteiger partial charge >= 0.3 is 0 Å². The zero-order valence-corrected chi connectivity index (χ0v) is 15.8. The fourth-order valence-corrected chi connectivity index (χ4v) is 2.32. The Bertz CT molecular complexity index is 606. The summed E-state index contributed by atoms with van der Waals surface area (Å²) in [5, 5.41) is 10.4. The van der Waals surface area contributed by atoms with Gasteiger partial charge in [-0.1, -0.05) is 39.3 Å². The van der Waals surface area contributed by atoms with Gasteiger partial charge in [0.1, 0.15) is 5.15 Å². The molecule has 134 valence electrons. The summed E-state index contributed by atoms with van der Waals surface area (Å²) in [6.07, 6.45) is 3.10. The highest BCUT2D eigenvalue weighted by Gasteiger charge is 2.12. The lowest BCUT2D eigenvalue weighted by atomic mass is 10.2. The van der Waals surface area contributed by atoms with Gasteiger partial charge in [-0.25, -0.2) is 0 Å². The minimum atomic E-state index is -0.235. The molecule has 2 amide bonds. The third-order valence-electron chi connectivity index (χ3n) is 3.30. The molecule has 0 fully saturated rings. The van der Waals surface area contributed by atoms with Crippen molar-refractivity contribution in [2.24, 2.45) is 11.8 Å². The first kappa shape index (κ1) is 20.2. The fraction of sp³-hybridized carbons (Fsp3) is 0.588. The van der Waals surface area contributed by atoms with E-state index in [4.69, 9.17) is 11.6 Å². The predicted octanol–water partition coefficient (Wildman–Crippen LogP) is 2.40. The molecule has 1 heterocycles. The highest BCUT2D eigenvalue weighted by atomic mass is 35.5. The Hall–Kier alpha value is -1.82. The molecule has 7 heteroatoms. The van der Waals surface area contributed by atoms with Crippen molar-refractivity contribution in [1.82, 2.24) is 20.4 Å². The van der Waals surface area contributed by atoms with Gasteiger partial charge in [0.15, 0.2) is 0 Å². The molecule has 2 N–H and O–H groups in total. The second kappa shape index (κ2) is 9.47. The molecule has 0 aliphatic carbocycles. The van der Waals surface area contributed by atoms with Crippen LogP contribution >= 0.6 is 11.6 Å². The van der Waals surface area contributed by atoms with E-state index in [1.165, 1.54) is 6.08 Å². The average Bonchev–Trinajstić information content (AvgIpc) is 2.74. The van der Waals surface area contributed by atoms with Crippen molar-refractivity contribution >= 4 is 29.5 Å². The number of hydrogen-bond donors (Lipinski definition) is 2. The first-order chi connectivity index (χ1) is 11.2. The second-order valence-corrected chi connectivity index (χ2v) is 6.79. The van der Waals surface area contributed by atoms with Crippen molar-refractivity contribution in [1.29, 1.82) is 0 Å². The highest BCUT2D eigenvalue weighted by Crippen LogP contribution is 2.22. The van der Waals surface area contributed by atoms with Gasteiger partial charge in [0.25, 0.3) is 0 Å². The number of amides is 2. The number of aromatic nitrogens is 2. The van der Waals surface area contributed by atoms with Crippen LogP contribution in [-0.2, 0) is 16.1 Å². The number of carbonyl (C=O) groups is 2. The zero-order valence-electron chi connectivity index (χ0n) is 15.0. The summed E-state index contributed by atoms with van der Waals surface area (Å²) < 4.78 is 1.75. The van der Waals surface area contributed by atoms with Crippen LogP contribution in [0.2, 0.25) is 5.15 Å². The van der Waals surface area contributed by atoms with E-state index in [1.54, 1.807) is 10.8 Å². The quantitative estimate of drug-likeness (QED) is 0.556. The van der Waals surface area contributed by atoms with Gasteiger partial charge in [0, 0.05) is 37.2 Å². The summed E-state index contributed by atoms with van der Waals surface area (Å²) >= 11 is 6.32. The first-order valence-corrected chi connectivity index (χ1v) is 8.56. The minimum absolute atomic E-state index is 0.0280. The molecule has 24 heavy (non-hydrogen) atoms. The molecule has 0 atom stereocenters. The van der Waals surface area contributed by atoms with Gasteiger partial charge in [-0.05, 0) is 18.9 Å². The Labute approximate surface area is 148 Å². The second-order valence-electron chi connectivity index (χ2n) is 6.44. The smallest absolute Gasteiger partial charge is 0.244 e. The zero-order chi connectivity index (χ0) is 18.3. The van der Waals surface area contributed by atoms with Crippen molar-refractivity contribution in [2.45, 2.75) is 41.2 Å². The van der Waals surface area contributed by atoms with E-state index in [9.17, 15) is 9.59 Å². The van der Waals surface area contributed by atoms with E-state index in [0.717, 1.165) is 17.8 Å². The van der Waals surface area contributed by atoms with Crippen LogP contribution in [0.1, 0.15) is 39.0 Å². The van der Waals surface area contributed by atoms with Crippen LogP contribution in [0.25, 0.3) is 6.08 Å². The fourth-order valence-electron chi connectivity index (χ4n) is 2.02. The molecule has 1 aromatic rings. The maximum Gasteiger partial charge on any atom is 0.244 e. The largest absolute Gasteiger partial charge is 0.354 e. The SMILES string of the molecule is Cc1nn(CC(C)C)c(Cl)c1C=CC(=O)NCCNC(=O)C(C)C. The summed E-state index contributed by atoms with van der Waals surface area (Å²) in [5.41, 5.74) is 1.54. The lowest BCUT2D eigenvalue weighted by molar-refractivity contribution is -0.124. The van der Waals surface area contributed by atoms with Gasteiger partial charge in [-0.15, -0.1) is 0 Å². The van der Waals surface area contributed by atoms with Gasteiger partial charge in [-0.3, -0.25) is 14.3 Å². The Morgan fingerprint density at radius 3 is 2.42 bits per heavy atom. The van der Waals surface area contributed by atoms with Crippen molar-refractivity contribution in [3.8, 4) is 0 Å². The van der Waals surface area contributed by atoms with Crippen molar-refractivity contribution in [3.63, 3.8) is 0 Å². The standard InChI is InChI=1S/C17H27ClN4O2/c1-11(2)10-22-16(18)14(13(5)21-22)6-7-15(23)19-8-9-20-17(24)12(3)4/h6-7,11-12H,8-10H2,1-5H3,(H,19,23)(H,20,24). The van der Waals surface area contributed by atoms with Gasteiger partial charge in [0.2, 0.25) is 11.8 Å². The molecule has 0 unspecified atom stereocenters. The number of hydrogen-bond acceptors (Lipinski definition) is 3. The monoisotopic (exact) mass is 354 g/mol. The molecule has 0 aliphatic rings. The average molecular weight is 355 g/mol. The van der Waals surface area contributed by atoms with Crippen molar-refractivity contribution in [2.75, 3.05) is 13.1 Å². The van der Waals surface area contributed by atoms with Crippen LogP contribution in [-0.4, -0.2) is 34.7 Å². The number of aryl methyl sites for hydroxylation is 1. The van der Waals surface area contributed by atoms with E-state index in [0.29, 0.717) is 24.2 Å². The van der Waals surface area contributed by atoms with E-state index in [-0.39, 0.29) is 17.7 Å². The summed E-state index contributed by atoms with van der Waals surface area (Å²) in [5.74, 6) is 0.108. The molecule has 0 aliphatic heterocycles. The Balaban J connectivity index is 2.52. The summed E-state index contributed by atoms with van der Waals surface area (Å²) in [6.45, 7) is 11.2. The van der Waals surface area contributed by atoms with E-state index in [2.05, 4.69) is 29.6 Å². The Kier molecular flexibility index (Phi) is 7.98. The summed E-state index contributed by atoms with van der Waals surface area (Å²) in [6, 6.07) is 0.